The normalized spacial score (nSPS) is 14.1. The number of unbranched alkanes of at least 4 members (excludes halogenated alkanes) is 51. The lowest BCUT2D eigenvalue weighted by molar-refractivity contribution is -0.161. The van der Waals surface area contributed by atoms with Crippen molar-refractivity contribution in [3.05, 3.63) is 0 Å². The highest BCUT2D eigenvalue weighted by atomic mass is 31.2. The average molecular weight is 1540 g/mol. The molecule has 0 saturated carbocycles. The number of carbonyl (C=O) groups excluding carboxylic acids is 4. The van der Waals surface area contributed by atoms with Gasteiger partial charge in [-0.3, -0.25) is 37.3 Å². The highest BCUT2D eigenvalue weighted by Gasteiger charge is 2.30. The van der Waals surface area contributed by atoms with Crippen LogP contribution in [-0.4, -0.2) is 96.7 Å². The van der Waals surface area contributed by atoms with Gasteiger partial charge in [0.15, 0.2) is 12.2 Å². The molecule has 0 aliphatic heterocycles. The summed E-state index contributed by atoms with van der Waals surface area (Å²) in [6, 6.07) is 0. The molecule has 0 aromatic heterocycles. The van der Waals surface area contributed by atoms with Crippen molar-refractivity contribution in [2.45, 2.75) is 471 Å². The zero-order valence-electron chi connectivity index (χ0n) is 69.2. The smallest absolute Gasteiger partial charge is 0.462 e. The molecule has 0 rings (SSSR count). The Kier molecular flexibility index (Phi) is 74.7. The lowest BCUT2D eigenvalue weighted by atomic mass is 10.00. The lowest BCUT2D eigenvalue weighted by Gasteiger charge is -2.21. The number of aliphatic hydroxyl groups excluding tert-OH is 1. The van der Waals surface area contributed by atoms with E-state index in [-0.39, 0.29) is 25.7 Å². The predicted molar refractivity (Wildman–Crippen MR) is 432 cm³/mol. The molecule has 0 aliphatic rings. The summed E-state index contributed by atoms with van der Waals surface area (Å²) in [5.41, 5.74) is 0. The Bertz CT molecular complexity index is 2030. The molecule has 0 spiro atoms. The van der Waals surface area contributed by atoms with Crippen molar-refractivity contribution in [2.75, 3.05) is 39.6 Å². The molecule has 19 heteroatoms. The molecule has 0 bridgehead atoms. The maximum atomic E-state index is 13.1. The number of carbonyl (C=O) groups is 4. The molecule has 0 saturated heterocycles. The Morgan fingerprint density at radius 2 is 0.486 bits per heavy atom. The molecule has 17 nitrogen and oxygen atoms in total. The predicted octanol–water partition coefficient (Wildman–Crippen LogP) is 26.1. The number of phosphoric acid groups is 2. The van der Waals surface area contributed by atoms with E-state index in [4.69, 9.17) is 37.0 Å². The molecule has 105 heavy (non-hydrogen) atoms. The molecule has 3 N–H and O–H groups in total. The number of rotatable bonds is 84. The van der Waals surface area contributed by atoms with Crippen molar-refractivity contribution < 1.29 is 80.2 Å². The molecule has 3 unspecified atom stereocenters. The molecule has 0 heterocycles. The van der Waals surface area contributed by atoms with Crippen LogP contribution in [0, 0.1) is 17.8 Å². The van der Waals surface area contributed by atoms with Crippen LogP contribution in [0.4, 0.5) is 0 Å². The highest BCUT2D eigenvalue weighted by Crippen LogP contribution is 2.45. The van der Waals surface area contributed by atoms with Gasteiger partial charge in [-0.25, -0.2) is 9.13 Å². The Morgan fingerprint density at radius 3 is 0.724 bits per heavy atom. The standard InChI is InChI=1S/C86H168O17P2/c1-8-10-11-12-13-14-15-16-17-18-19-20-21-22-23-28-31-36-41-46-55-62-69-85(90)102-81(73-96-83(88)67-60-53-45-40-35-30-27-25-24-26-29-33-38-43-50-57-64-77(3)4)75-100-104(92,93)98-71-80(87)72-99-105(94,95)101-76-82(74-97-84(89)68-61-54-49-48-52-59-66-79(7)9-2)103-86(91)70-63-56-47-42-37-32-34-39-44-51-58-65-78(5)6/h77-82,87H,8-76H2,1-7H3,(H,92,93)(H,94,95)/t79?,80-,81-,82-/m1/s1. The zero-order chi connectivity index (χ0) is 77.2. The Labute approximate surface area is 645 Å². The van der Waals surface area contributed by atoms with Crippen molar-refractivity contribution in [1.29, 1.82) is 0 Å². The first-order valence-electron chi connectivity index (χ1n) is 44.4. The van der Waals surface area contributed by atoms with E-state index < -0.39 is 97.5 Å². The number of hydrogen-bond donors (Lipinski definition) is 3. The summed E-state index contributed by atoms with van der Waals surface area (Å²) in [7, 11) is -9.93. The summed E-state index contributed by atoms with van der Waals surface area (Å²) in [4.78, 5) is 73.2. The molecule has 0 aromatic rings. The summed E-state index contributed by atoms with van der Waals surface area (Å²) >= 11 is 0. The van der Waals surface area contributed by atoms with Gasteiger partial charge in [0.1, 0.15) is 19.3 Å². The molecule has 0 amide bonds. The molecule has 0 radical (unpaired) electrons. The second-order valence-corrected chi connectivity index (χ2v) is 35.0. The van der Waals surface area contributed by atoms with E-state index in [0.717, 1.165) is 114 Å². The van der Waals surface area contributed by atoms with Crippen LogP contribution in [0.2, 0.25) is 0 Å². The van der Waals surface area contributed by atoms with E-state index in [1.165, 1.54) is 257 Å². The molecular weight excluding hydrogens is 1370 g/mol. The summed E-state index contributed by atoms with van der Waals surface area (Å²) < 4.78 is 68.9. The van der Waals surface area contributed by atoms with Gasteiger partial charge < -0.3 is 33.8 Å². The minimum absolute atomic E-state index is 0.106. The topological polar surface area (TPSA) is 237 Å². The SMILES string of the molecule is CCCCCCCCCCCCCCCCCCCCCCCCC(=O)O[C@H](COC(=O)CCCCCCCCCCCCCCCCCCC(C)C)COP(=O)(O)OC[C@@H](O)COP(=O)(O)OC[C@@H](COC(=O)CCCCCCCCC(C)CC)OC(=O)CCCCCCCCCCCCCC(C)C. The van der Waals surface area contributed by atoms with Crippen LogP contribution in [0.15, 0.2) is 0 Å². The monoisotopic (exact) mass is 1540 g/mol. The van der Waals surface area contributed by atoms with Crippen LogP contribution < -0.4 is 0 Å². The molecule has 6 atom stereocenters. The van der Waals surface area contributed by atoms with Crippen LogP contribution >= 0.6 is 15.6 Å². The Hall–Kier alpha value is -1.94. The number of hydrogen-bond acceptors (Lipinski definition) is 15. The summed E-state index contributed by atoms with van der Waals surface area (Å²) in [5, 5.41) is 10.7. The van der Waals surface area contributed by atoms with Crippen LogP contribution in [0.25, 0.3) is 0 Å². The average Bonchev–Trinajstić information content (AvgIpc) is 0.913. The van der Waals surface area contributed by atoms with Crippen LogP contribution in [0.5, 0.6) is 0 Å². The van der Waals surface area contributed by atoms with Crippen molar-refractivity contribution in [1.82, 2.24) is 0 Å². The van der Waals surface area contributed by atoms with E-state index in [1.807, 2.05) is 0 Å². The summed E-state index contributed by atoms with van der Waals surface area (Å²) in [6.45, 7) is 12.0. The van der Waals surface area contributed by atoms with E-state index in [1.54, 1.807) is 0 Å². The minimum atomic E-state index is -4.97. The van der Waals surface area contributed by atoms with Gasteiger partial charge in [-0.05, 0) is 43.4 Å². The van der Waals surface area contributed by atoms with Gasteiger partial charge in [-0.15, -0.1) is 0 Å². The zero-order valence-corrected chi connectivity index (χ0v) is 71.0. The molecule has 0 aromatic carbocycles. The van der Waals surface area contributed by atoms with E-state index in [9.17, 15) is 43.2 Å². The maximum absolute atomic E-state index is 13.1. The molecule has 624 valence electrons. The van der Waals surface area contributed by atoms with Gasteiger partial charge in [-0.1, -0.05) is 402 Å². The van der Waals surface area contributed by atoms with Crippen molar-refractivity contribution in [3.63, 3.8) is 0 Å². The third-order valence-corrected chi connectivity index (χ3v) is 22.4. The second kappa shape index (κ2) is 76.1. The minimum Gasteiger partial charge on any atom is -0.462 e. The first kappa shape index (κ1) is 103. The number of aliphatic hydroxyl groups is 1. The van der Waals surface area contributed by atoms with Gasteiger partial charge in [0.25, 0.3) is 0 Å². The van der Waals surface area contributed by atoms with E-state index >= 15 is 0 Å². The second-order valence-electron chi connectivity index (χ2n) is 32.1. The van der Waals surface area contributed by atoms with Crippen molar-refractivity contribution >= 4 is 39.5 Å². The fraction of sp³-hybridized carbons (Fsp3) is 0.953. The lowest BCUT2D eigenvalue weighted by Crippen LogP contribution is -2.30. The van der Waals surface area contributed by atoms with Crippen molar-refractivity contribution in [2.24, 2.45) is 17.8 Å². The molecular formula is C86H168O17P2. The van der Waals surface area contributed by atoms with E-state index in [0.29, 0.717) is 25.7 Å². The summed E-state index contributed by atoms with van der Waals surface area (Å²) in [5.74, 6) is 0.201. The fourth-order valence-electron chi connectivity index (χ4n) is 13.3. The first-order chi connectivity index (χ1) is 50.8. The van der Waals surface area contributed by atoms with Gasteiger partial charge in [0, 0.05) is 25.7 Å². The third-order valence-electron chi connectivity index (χ3n) is 20.5. The van der Waals surface area contributed by atoms with E-state index in [2.05, 4.69) is 48.5 Å². The van der Waals surface area contributed by atoms with Crippen LogP contribution in [0.3, 0.4) is 0 Å². The first-order valence-corrected chi connectivity index (χ1v) is 47.4. The number of phosphoric ester groups is 2. The van der Waals surface area contributed by atoms with Crippen LogP contribution in [-0.2, 0) is 65.4 Å². The number of ether oxygens (including phenoxy) is 4. The Morgan fingerprint density at radius 1 is 0.276 bits per heavy atom. The van der Waals surface area contributed by atoms with Crippen molar-refractivity contribution in [3.8, 4) is 0 Å². The third kappa shape index (κ3) is 78.5. The largest absolute Gasteiger partial charge is 0.472 e. The van der Waals surface area contributed by atoms with Crippen LogP contribution in [0.1, 0.15) is 453 Å². The quantitative estimate of drug-likeness (QED) is 0.0222. The summed E-state index contributed by atoms with van der Waals surface area (Å²) in [6.07, 6.45) is 66.8. The molecule has 0 aliphatic carbocycles. The number of esters is 4. The van der Waals surface area contributed by atoms with Gasteiger partial charge >= 0.3 is 39.5 Å². The maximum Gasteiger partial charge on any atom is 0.472 e. The Balaban J connectivity index is 5.22. The molecule has 0 fully saturated rings. The van der Waals surface area contributed by atoms with Gasteiger partial charge in [-0.2, -0.15) is 0 Å². The fourth-order valence-corrected chi connectivity index (χ4v) is 14.9. The highest BCUT2D eigenvalue weighted by molar-refractivity contribution is 7.47. The van der Waals surface area contributed by atoms with Gasteiger partial charge in [0.05, 0.1) is 26.4 Å². The van der Waals surface area contributed by atoms with Gasteiger partial charge in [0.2, 0.25) is 0 Å².